The molecule has 0 fully saturated rings. The Bertz CT molecular complexity index is 44.7. The van der Waals surface area contributed by atoms with Gasteiger partial charge in [0.2, 0.25) is 0 Å². The van der Waals surface area contributed by atoms with Crippen molar-refractivity contribution in [2.75, 3.05) is 0 Å². The molecule has 0 saturated heterocycles. The van der Waals surface area contributed by atoms with Crippen LogP contribution in [-0.2, 0) is 0 Å². The van der Waals surface area contributed by atoms with E-state index in [0.717, 1.165) is 6.42 Å². The molecule has 1 nitrogen and oxygen atoms in total. The Labute approximate surface area is 86.1 Å². The topological polar surface area (TPSA) is 26.0 Å². The molecule has 0 unspecified atom stereocenters. The molecule has 54 valence electrons. The summed E-state index contributed by atoms with van der Waals surface area (Å²) in [7, 11) is 0. The molecule has 0 atom stereocenters. The van der Waals surface area contributed by atoms with Gasteiger partial charge in [0.1, 0.15) is 0 Å². The SMILES string of the molecule is CCC(C)(C)N.[Cl-].[Cl-].[Mg+2]. The van der Waals surface area contributed by atoms with Crippen LogP contribution in [0.1, 0.15) is 27.2 Å². The molecule has 0 bridgehead atoms. The Balaban J connectivity index is -0.0000000417. The molecule has 2 N–H and O–H groups in total. The van der Waals surface area contributed by atoms with Crippen LogP contribution in [0.3, 0.4) is 0 Å². The Morgan fingerprint density at radius 2 is 1.33 bits per heavy atom. The fourth-order valence-electron chi connectivity index (χ4n) is 0. The molecule has 0 amide bonds. The second-order valence-electron chi connectivity index (χ2n) is 2.34. The average molecular weight is 182 g/mol. The minimum absolute atomic E-state index is 0. The zero-order chi connectivity index (χ0) is 5.21. The summed E-state index contributed by atoms with van der Waals surface area (Å²) in [5.74, 6) is 0. The van der Waals surface area contributed by atoms with Gasteiger partial charge in [0.25, 0.3) is 0 Å². The van der Waals surface area contributed by atoms with Gasteiger partial charge in [0, 0.05) is 5.54 Å². The maximum atomic E-state index is 5.53. The number of rotatable bonds is 1. The van der Waals surface area contributed by atoms with E-state index in [2.05, 4.69) is 6.92 Å². The zero-order valence-electron chi connectivity index (χ0n) is 6.25. The molecule has 0 spiro atoms. The van der Waals surface area contributed by atoms with Crippen molar-refractivity contribution in [3.63, 3.8) is 0 Å². The van der Waals surface area contributed by atoms with E-state index in [9.17, 15) is 0 Å². The molecular weight excluding hydrogens is 169 g/mol. The average Bonchev–Trinajstić information content (AvgIpc) is 1.35. The Hall–Kier alpha value is 1.31. The molecule has 0 aliphatic rings. The van der Waals surface area contributed by atoms with Crippen molar-refractivity contribution in [1.82, 2.24) is 0 Å². The molecule has 0 aromatic heterocycles. The van der Waals surface area contributed by atoms with Crippen LogP contribution in [0.4, 0.5) is 0 Å². The summed E-state index contributed by atoms with van der Waals surface area (Å²) in [6.45, 7) is 6.12. The van der Waals surface area contributed by atoms with E-state index in [0.29, 0.717) is 0 Å². The van der Waals surface area contributed by atoms with E-state index < -0.39 is 0 Å². The predicted molar refractivity (Wildman–Crippen MR) is 34.3 cm³/mol. The Morgan fingerprint density at radius 3 is 1.33 bits per heavy atom. The fourth-order valence-corrected chi connectivity index (χ4v) is 0. The van der Waals surface area contributed by atoms with E-state index in [1.807, 2.05) is 13.8 Å². The molecule has 0 rings (SSSR count). The molecular formula is C5H13Cl2MgN. The quantitative estimate of drug-likeness (QED) is 0.403. The summed E-state index contributed by atoms with van der Waals surface area (Å²) in [6, 6.07) is 0. The van der Waals surface area contributed by atoms with Gasteiger partial charge < -0.3 is 30.5 Å². The molecule has 0 aliphatic heterocycles. The van der Waals surface area contributed by atoms with Crippen molar-refractivity contribution < 1.29 is 24.8 Å². The number of hydrogen-bond donors (Lipinski definition) is 1. The number of nitrogens with two attached hydrogens (primary N) is 1. The van der Waals surface area contributed by atoms with Crippen LogP contribution in [0.15, 0.2) is 0 Å². The largest absolute Gasteiger partial charge is 2.00 e. The van der Waals surface area contributed by atoms with Gasteiger partial charge in [-0.3, -0.25) is 0 Å². The normalized spacial score (nSPS) is 8.00. The predicted octanol–water partition coefficient (Wildman–Crippen LogP) is -5.24. The van der Waals surface area contributed by atoms with E-state index in [4.69, 9.17) is 5.73 Å². The maximum absolute atomic E-state index is 5.53. The van der Waals surface area contributed by atoms with Crippen LogP contribution in [0.25, 0.3) is 0 Å². The Kier molecular flexibility index (Phi) is 23.2. The second-order valence-corrected chi connectivity index (χ2v) is 2.34. The first kappa shape index (κ1) is 22.4. The third kappa shape index (κ3) is 26.8. The van der Waals surface area contributed by atoms with Crippen molar-refractivity contribution in [3.8, 4) is 0 Å². The monoisotopic (exact) mass is 181 g/mol. The fraction of sp³-hybridized carbons (Fsp3) is 1.00. The summed E-state index contributed by atoms with van der Waals surface area (Å²) >= 11 is 0. The summed E-state index contributed by atoms with van der Waals surface area (Å²) in [5.41, 5.74) is 5.58. The van der Waals surface area contributed by atoms with Crippen molar-refractivity contribution in [3.05, 3.63) is 0 Å². The minimum atomic E-state index is 0. The van der Waals surface area contributed by atoms with Crippen molar-refractivity contribution in [2.45, 2.75) is 32.7 Å². The first-order chi connectivity index (χ1) is 2.56. The van der Waals surface area contributed by atoms with Crippen molar-refractivity contribution in [2.24, 2.45) is 5.73 Å². The first-order valence-electron chi connectivity index (χ1n) is 2.35. The number of halogens is 2. The van der Waals surface area contributed by atoms with Gasteiger partial charge in [-0.15, -0.1) is 0 Å². The summed E-state index contributed by atoms with van der Waals surface area (Å²) in [5, 5.41) is 0. The smallest absolute Gasteiger partial charge is 1.00 e. The van der Waals surface area contributed by atoms with Crippen LogP contribution in [-0.4, -0.2) is 28.6 Å². The molecule has 9 heavy (non-hydrogen) atoms. The van der Waals surface area contributed by atoms with Gasteiger partial charge >= 0.3 is 23.1 Å². The van der Waals surface area contributed by atoms with Crippen molar-refractivity contribution >= 4 is 23.1 Å². The van der Waals surface area contributed by atoms with E-state index >= 15 is 0 Å². The summed E-state index contributed by atoms with van der Waals surface area (Å²) in [6.07, 6.45) is 1.05. The van der Waals surface area contributed by atoms with Gasteiger partial charge in [-0.05, 0) is 20.3 Å². The van der Waals surface area contributed by atoms with Crippen LogP contribution >= 0.6 is 0 Å². The molecule has 0 aromatic carbocycles. The molecule has 0 saturated carbocycles. The third-order valence-corrected chi connectivity index (χ3v) is 0.911. The molecule has 0 radical (unpaired) electrons. The zero-order valence-corrected chi connectivity index (χ0v) is 9.17. The van der Waals surface area contributed by atoms with E-state index in [-0.39, 0.29) is 53.4 Å². The van der Waals surface area contributed by atoms with Crippen LogP contribution in [0.2, 0.25) is 0 Å². The maximum Gasteiger partial charge on any atom is 2.00 e. The van der Waals surface area contributed by atoms with Gasteiger partial charge in [0.05, 0.1) is 0 Å². The van der Waals surface area contributed by atoms with Crippen LogP contribution < -0.4 is 30.5 Å². The van der Waals surface area contributed by atoms with Gasteiger partial charge in [-0.2, -0.15) is 0 Å². The van der Waals surface area contributed by atoms with E-state index in [1.54, 1.807) is 0 Å². The van der Waals surface area contributed by atoms with E-state index in [1.165, 1.54) is 0 Å². The standard InChI is InChI=1S/C5H13N.2ClH.Mg/c1-4-5(2,3)6;;;/h4,6H2,1-3H3;2*1H;/q;;;+2/p-2. The first-order valence-corrected chi connectivity index (χ1v) is 2.35. The second kappa shape index (κ2) is 9.31. The number of hydrogen-bond acceptors (Lipinski definition) is 1. The summed E-state index contributed by atoms with van der Waals surface area (Å²) < 4.78 is 0. The Morgan fingerprint density at radius 1 is 1.22 bits per heavy atom. The molecule has 0 aliphatic carbocycles. The molecule has 4 heteroatoms. The molecule has 0 heterocycles. The van der Waals surface area contributed by atoms with Gasteiger partial charge in [0.15, 0.2) is 0 Å². The van der Waals surface area contributed by atoms with Crippen LogP contribution in [0, 0.1) is 0 Å². The van der Waals surface area contributed by atoms with Gasteiger partial charge in [-0.1, -0.05) is 6.92 Å². The molecule has 0 aromatic rings. The summed E-state index contributed by atoms with van der Waals surface area (Å²) in [4.78, 5) is 0. The van der Waals surface area contributed by atoms with Crippen molar-refractivity contribution in [1.29, 1.82) is 0 Å². The van der Waals surface area contributed by atoms with Gasteiger partial charge in [-0.25, -0.2) is 0 Å². The van der Waals surface area contributed by atoms with Crippen LogP contribution in [0.5, 0.6) is 0 Å². The third-order valence-electron chi connectivity index (χ3n) is 0.911. The minimum Gasteiger partial charge on any atom is -1.00 e.